The molecule has 0 radical (unpaired) electrons. The third-order valence-electron chi connectivity index (χ3n) is 2.79. The van der Waals surface area contributed by atoms with Crippen LogP contribution in [-0.4, -0.2) is 30.7 Å². The molecule has 0 saturated carbocycles. The molecule has 0 heterocycles. The summed E-state index contributed by atoms with van der Waals surface area (Å²) in [6, 6.07) is 0. The van der Waals surface area contributed by atoms with Crippen molar-refractivity contribution in [2.24, 2.45) is 0 Å². The van der Waals surface area contributed by atoms with Crippen LogP contribution in [0.5, 0.6) is 0 Å². The minimum Gasteiger partial charge on any atom is -1.00 e. The molecular formula is C12H32F2N2. The molecule has 0 fully saturated rings. The second-order valence-corrected chi connectivity index (χ2v) is 4.24. The highest BCUT2D eigenvalue weighted by molar-refractivity contribution is 4.43. The van der Waals surface area contributed by atoms with Crippen LogP contribution in [0.2, 0.25) is 0 Å². The molecular weight excluding hydrogens is 210 g/mol. The van der Waals surface area contributed by atoms with E-state index in [2.05, 4.69) is 27.7 Å². The van der Waals surface area contributed by atoms with Crippen molar-refractivity contribution in [3.8, 4) is 0 Å². The Hall–Kier alpha value is -0.220. The highest BCUT2D eigenvalue weighted by atomic mass is 19.0. The third-order valence-corrected chi connectivity index (χ3v) is 2.79. The van der Waals surface area contributed by atoms with Gasteiger partial charge in [-0.1, -0.05) is 27.7 Å². The molecule has 0 aliphatic rings. The average Bonchev–Trinajstić information content (AvgIpc) is 2.06. The molecule has 0 atom stereocenters. The van der Waals surface area contributed by atoms with E-state index in [9.17, 15) is 0 Å². The maximum Gasteiger partial charge on any atom is 0.0783 e. The van der Waals surface area contributed by atoms with Gasteiger partial charge >= 0.3 is 0 Å². The highest BCUT2D eigenvalue weighted by Gasteiger charge is 2.22. The summed E-state index contributed by atoms with van der Waals surface area (Å²) in [5, 5.41) is 0. The minimum atomic E-state index is 0. The van der Waals surface area contributed by atoms with E-state index >= 15 is 0 Å². The number of nitrogens with zero attached hydrogens (tertiary/aromatic N) is 1. The average molecular weight is 242 g/mol. The molecule has 2 nitrogen and oxygen atoms in total. The summed E-state index contributed by atoms with van der Waals surface area (Å²) in [7, 11) is 0. The Morgan fingerprint density at radius 2 is 0.812 bits per heavy atom. The standard InChI is InChI=1S/C12H28N.2FH.H3N/c1-5-9-13(10-6-2,11-7-3)12-8-4;;;/h5-12H2,1-4H3;2*1H;1H3/q+1;;;/p-1. The lowest BCUT2D eigenvalue weighted by molar-refractivity contribution is -0.928. The molecule has 4 heteroatoms. The third kappa shape index (κ3) is 9.04. The zero-order valence-corrected chi connectivity index (χ0v) is 11.6. The van der Waals surface area contributed by atoms with Gasteiger partial charge in [0.05, 0.1) is 26.2 Å². The van der Waals surface area contributed by atoms with Crippen LogP contribution in [0.3, 0.4) is 0 Å². The van der Waals surface area contributed by atoms with E-state index in [0.29, 0.717) is 0 Å². The van der Waals surface area contributed by atoms with Gasteiger partial charge in [0.25, 0.3) is 0 Å². The van der Waals surface area contributed by atoms with Gasteiger partial charge in [-0.15, -0.1) is 0 Å². The van der Waals surface area contributed by atoms with Crippen molar-refractivity contribution < 1.29 is 13.9 Å². The SMILES string of the molecule is CCC[N+](CCC)(CCC)CCC.F.N.[F-]. The molecule has 104 valence electrons. The van der Waals surface area contributed by atoms with Crippen molar-refractivity contribution in [3.05, 3.63) is 0 Å². The van der Waals surface area contributed by atoms with Crippen LogP contribution in [0, 0.1) is 0 Å². The van der Waals surface area contributed by atoms with Crippen molar-refractivity contribution in [1.29, 1.82) is 0 Å². The van der Waals surface area contributed by atoms with Crippen LogP contribution in [0.1, 0.15) is 53.4 Å². The molecule has 0 amide bonds. The predicted octanol–water partition coefficient (Wildman–Crippen LogP) is 0.762. The molecule has 0 aromatic carbocycles. The van der Waals surface area contributed by atoms with Gasteiger partial charge in [-0.2, -0.15) is 0 Å². The fourth-order valence-corrected chi connectivity index (χ4v) is 2.57. The van der Waals surface area contributed by atoms with Crippen molar-refractivity contribution in [3.63, 3.8) is 0 Å². The maximum absolute atomic E-state index is 2.31. The second kappa shape index (κ2) is 14.8. The van der Waals surface area contributed by atoms with Crippen LogP contribution in [0.4, 0.5) is 4.70 Å². The zero-order chi connectivity index (χ0) is 10.2. The number of quaternary nitrogens is 1. The smallest absolute Gasteiger partial charge is 0.0783 e. The first-order valence-electron chi connectivity index (χ1n) is 6.09. The molecule has 0 aromatic rings. The molecule has 3 N–H and O–H groups in total. The van der Waals surface area contributed by atoms with Gasteiger partial charge in [0, 0.05) is 0 Å². The summed E-state index contributed by atoms with van der Waals surface area (Å²) < 4.78 is 1.38. The van der Waals surface area contributed by atoms with Gasteiger partial charge in [0.2, 0.25) is 0 Å². The lowest BCUT2D eigenvalue weighted by Crippen LogP contribution is -3.00. The number of hydrogen-bond acceptors (Lipinski definition) is 1. The van der Waals surface area contributed by atoms with E-state index in [4.69, 9.17) is 0 Å². The first-order chi connectivity index (χ1) is 6.24. The lowest BCUT2D eigenvalue weighted by Gasteiger charge is -2.38. The van der Waals surface area contributed by atoms with Gasteiger partial charge in [-0.05, 0) is 25.7 Å². The van der Waals surface area contributed by atoms with Crippen molar-refractivity contribution in [1.82, 2.24) is 6.15 Å². The Labute approximate surface area is 100 Å². The Morgan fingerprint density at radius 3 is 0.938 bits per heavy atom. The van der Waals surface area contributed by atoms with Crippen LogP contribution >= 0.6 is 0 Å². The van der Waals surface area contributed by atoms with E-state index < -0.39 is 0 Å². The number of rotatable bonds is 8. The first kappa shape index (κ1) is 24.8. The van der Waals surface area contributed by atoms with Gasteiger partial charge in [0.15, 0.2) is 0 Å². The predicted molar refractivity (Wildman–Crippen MR) is 68.4 cm³/mol. The van der Waals surface area contributed by atoms with Crippen molar-refractivity contribution in [2.75, 3.05) is 26.2 Å². The topological polar surface area (TPSA) is 35.0 Å². The summed E-state index contributed by atoms with van der Waals surface area (Å²) >= 11 is 0. The van der Waals surface area contributed by atoms with Gasteiger partial charge < -0.3 is 15.3 Å². The summed E-state index contributed by atoms with van der Waals surface area (Å²) in [5.74, 6) is 0. The first-order valence-corrected chi connectivity index (χ1v) is 6.09. The lowest BCUT2D eigenvalue weighted by atomic mass is 10.2. The number of halogens is 2. The summed E-state index contributed by atoms with van der Waals surface area (Å²) in [6.07, 6.45) is 5.33. The van der Waals surface area contributed by atoms with E-state index in [0.717, 1.165) is 0 Å². The molecule has 16 heavy (non-hydrogen) atoms. The fraction of sp³-hybridized carbons (Fsp3) is 1.00. The molecule has 0 unspecified atom stereocenters. The van der Waals surface area contributed by atoms with Crippen LogP contribution in [0.15, 0.2) is 0 Å². The molecule has 0 aromatic heterocycles. The van der Waals surface area contributed by atoms with E-state index in [1.807, 2.05) is 0 Å². The summed E-state index contributed by atoms with van der Waals surface area (Å²) in [4.78, 5) is 0. The molecule has 0 aliphatic heterocycles. The highest BCUT2D eigenvalue weighted by Crippen LogP contribution is 2.12. The van der Waals surface area contributed by atoms with Crippen molar-refractivity contribution >= 4 is 0 Å². The Balaban J connectivity index is -0.000000240. The van der Waals surface area contributed by atoms with Gasteiger partial charge in [-0.25, -0.2) is 0 Å². The minimum absolute atomic E-state index is 0. The Morgan fingerprint density at radius 1 is 0.625 bits per heavy atom. The van der Waals surface area contributed by atoms with Crippen molar-refractivity contribution in [2.45, 2.75) is 53.4 Å². The quantitative estimate of drug-likeness (QED) is 0.627. The van der Waals surface area contributed by atoms with Crippen LogP contribution < -0.4 is 10.9 Å². The van der Waals surface area contributed by atoms with E-state index in [1.165, 1.54) is 56.3 Å². The van der Waals surface area contributed by atoms with Gasteiger partial charge in [0.1, 0.15) is 0 Å². The maximum atomic E-state index is 2.31. The Kier molecular flexibility index (Phi) is 22.9. The van der Waals surface area contributed by atoms with Crippen LogP contribution in [0.25, 0.3) is 0 Å². The summed E-state index contributed by atoms with van der Waals surface area (Å²) in [6.45, 7) is 14.8. The van der Waals surface area contributed by atoms with E-state index in [-0.39, 0.29) is 15.6 Å². The second-order valence-electron chi connectivity index (χ2n) is 4.24. The molecule has 0 rings (SSSR count). The fourth-order valence-electron chi connectivity index (χ4n) is 2.57. The molecule has 0 saturated heterocycles. The van der Waals surface area contributed by atoms with Gasteiger partial charge in [-0.3, -0.25) is 4.70 Å². The number of hydrogen-bond donors (Lipinski definition) is 1. The zero-order valence-electron chi connectivity index (χ0n) is 11.6. The Bertz CT molecular complexity index is 92.1. The normalized spacial score (nSPS) is 9.75. The largest absolute Gasteiger partial charge is 1.00 e. The van der Waals surface area contributed by atoms with E-state index in [1.54, 1.807) is 0 Å². The monoisotopic (exact) mass is 242 g/mol. The van der Waals surface area contributed by atoms with Crippen LogP contribution in [-0.2, 0) is 0 Å². The summed E-state index contributed by atoms with van der Waals surface area (Å²) in [5.41, 5.74) is 0. The molecule has 0 bridgehead atoms. The molecule has 0 spiro atoms. The molecule has 0 aliphatic carbocycles.